The first-order valence-electron chi connectivity index (χ1n) is 6.22. The Kier molecular flexibility index (Phi) is 2.82. The molecule has 0 saturated heterocycles. The van der Waals surface area contributed by atoms with Crippen molar-refractivity contribution in [3.05, 3.63) is 23.2 Å². The number of fused-ring (bicyclic) bond motifs is 1. The number of hydrogen-bond donors (Lipinski definition) is 1. The largest absolute Gasteiger partial charge is 0.386 e. The van der Waals surface area contributed by atoms with Crippen LogP contribution < -0.4 is 0 Å². The molecule has 0 heterocycles. The van der Waals surface area contributed by atoms with Crippen LogP contribution in [0.2, 0.25) is 0 Å². The zero-order chi connectivity index (χ0) is 12.1. The normalized spacial score (nSPS) is 34.0. The summed E-state index contributed by atoms with van der Waals surface area (Å²) in [5, 5.41) is 10.2. The summed E-state index contributed by atoms with van der Waals surface area (Å²) >= 11 is 0. The van der Waals surface area contributed by atoms with E-state index in [-0.39, 0.29) is 0 Å². The Morgan fingerprint density at radius 1 is 1.38 bits per heavy atom. The van der Waals surface area contributed by atoms with Crippen LogP contribution in [-0.2, 0) is 0 Å². The predicted molar refractivity (Wildman–Crippen MR) is 68.1 cm³/mol. The van der Waals surface area contributed by atoms with Crippen molar-refractivity contribution in [2.24, 2.45) is 23.7 Å². The van der Waals surface area contributed by atoms with Crippen LogP contribution >= 0.6 is 0 Å². The zero-order valence-corrected chi connectivity index (χ0v) is 10.7. The van der Waals surface area contributed by atoms with Crippen LogP contribution in [0.15, 0.2) is 23.2 Å². The van der Waals surface area contributed by atoms with E-state index in [0.29, 0.717) is 23.7 Å². The van der Waals surface area contributed by atoms with E-state index in [9.17, 15) is 5.11 Å². The van der Waals surface area contributed by atoms with Gasteiger partial charge in [0.05, 0.1) is 5.60 Å². The third-order valence-corrected chi connectivity index (χ3v) is 4.09. The molecule has 0 aliphatic heterocycles. The number of allylic oxidation sites excluding steroid dienone is 3. The molecule has 3 aliphatic rings. The molecule has 2 bridgehead atoms. The molecule has 3 aliphatic carbocycles. The average molecular weight is 216 g/mol. The maximum absolute atomic E-state index is 10.2. The van der Waals surface area contributed by atoms with Crippen molar-refractivity contribution in [1.29, 1.82) is 0 Å². The molecule has 0 amide bonds. The summed E-state index contributed by atoms with van der Waals surface area (Å²) in [7, 11) is 6.02. The maximum Gasteiger partial charge on any atom is 0.108 e. The molecule has 0 saturated carbocycles. The second-order valence-electron chi connectivity index (χ2n) is 6.12. The highest BCUT2D eigenvalue weighted by Crippen LogP contribution is 2.48. The molecule has 0 aromatic heterocycles. The maximum atomic E-state index is 10.2. The van der Waals surface area contributed by atoms with Crippen LogP contribution in [0.1, 0.15) is 34.1 Å². The zero-order valence-electron chi connectivity index (χ0n) is 10.7. The Balaban J connectivity index is 2.36. The molecule has 1 nitrogen and oxygen atoms in total. The smallest absolute Gasteiger partial charge is 0.108 e. The summed E-state index contributed by atoms with van der Waals surface area (Å²) in [6.07, 6.45) is 5.51. The highest BCUT2D eigenvalue weighted by molar-refractivity contribution is 6.22. The molecule has 2 heteroatoms. The van der Waals surface area contributed by atoms with Crippen molar-refractivity contribution in [2.75, 3.05) is 0 Å². The molecule has 0 spiro atoms. The van der Waals surface area contributed by atoms with Crippen LogP contribution in [0.25, 0.3) is 0 Å². The fourth-order valence-corrected chi connectivity index (χ4v) is 3.14. The quantitative estimate of drug-likeness (QED) is 0.555. The first-order chi connectivity index (χ1) is 7.30. The number of hydrogen-bond acceptors (Lipinski definition) is 1. The third kappa shape index (κ3) is 1.88. The topological polar surface area (TPSA) is 20.2 Å². The standard InChI is InChI=1S/C14H21BO/c1-8(2)10-5-9-6-12(14(3,4)16)11(10)7-13(9)15/h6-11,16H,5H2,1-4H3/t9-,10?,11?/m0/s1. The summed E-state index contributed by atoms with van der Waals surface area (Å²) in [4.78, 5) is 0. The van der Waals surface area contributed by atoms with Gasteiger partial charge in [-0.1, -0.05) is 26.0 Å². The Hall–Kier alpha value is -0.495. The molecule has 16 heavy (non-hydrogen) atoms. The predicted octanol–water partition coefficient (Wildman–Crippen LogP) is 2.66. The monoisotopic (exact) mass is 216 g/mol. The molecule has 1 N–H and O–H groups in total. The number of aliphatic hydroxyl groups is 1. The molecule has 0 fully saturated rings. The van der Waals surface area contributed by atoms with Gasteiger partial charge in [-0.2, -0.15) is 0 Å². The van der Waals surface area contributed by atoms with E-state index in [2.05, 4.69) is 26.0 Å². The van der Waals surface area contributed by atoms with E-state index in [1.54, 1.807) is 0 Å². The molecule has 3 rings (SSSR count). The van der Waals surface area contributed by atoms with E-state index in [1.807, 2.05) is 13.8 Å². The Labute approximate surface area is 100 Å². The molecule has 0 aromatic rings. The molecule has 3 atom stereocenters. The second kappa shape index (κ2) is 3.77. The van der Waals surface area contributed by atoms with Crippen molar-refractivity contribution in [2.45, 2.75) is 39.7 Å². The van der Waals surface area contributed by atoms with Gasteiger partial charge in [0.25, 0.3) is 0 Å². The Morgan fingerprint density at radius 3 is 2.44 bits per heavy atom. The lowest BCUT2D eigenvalue weighted by Crippen LogP contribution is -2.40. The molecule has 0 aromatic carbocycles. The van der Waals surface area contributed by atoms with E-state index >= 15 is 0 Å². The summed E-state index contributed by atoms with van der Waals surface area (Å²) in [6, 6.07) is 0. The summed E-state index contributed by atoms with van der Waals surface area (Å²) in [5.74, 6) is 1.95. The van der Waals surface area contributed by atoms with Gasteiger partial charge in [0, 0.05) is 5.92 Å². The molecular formula is C14H21BO. The Bertz CT molecular complexity index is 346. The minimum Gasteiger partial charge on any atom is -0.386 e. The van der Waals surface area contributed by atoms with Gasteiger partial charge in [-0.05, 0) is 43.6 Å². The first-order valence-corrected chi connectivity index (χ1v) is 6.22. The van der Waals surface area contributed by atoms with Gasteiger partial charge >= 0.3 is 0 Å². The minimum absolute atomic E-state index is 0.338. The van der Waals surface area contributed by atoms with Crippen LogP contribution in [0.4, 0.5) is 0 Å². The van der Waals surface area contributed by atoms with Gasteiger partial charge in [-0.25, -0.2) is 0 Å². The van der Waals surface area contributed by atoms with Crippen molar-refractivity contribution in [3.8, 4) is 0 Å². The SMILES string of the molecule is [B]C1=CC2C(C(C)(C)O)=C[C@@H]1CC2C(C)C. The lowest BCUT2D eigenvalue weighted by atomic mass is 9.57. The van der Waals surface area contributed by atoms with Crippen molar-refractivity contribution in [1.82, 2.24) is 0 Å². The molecule has 2 radical (unpaired) electrons. The van der Waals surface area contributed by atoms with Gasteiger partial charge in [0.15, 0.2) is 0 Å². The van der Waals surface area contributed by atoms with Gasteiger partial charge in [0.2, 0.25) is 0 Å². The van der Waals surface area contributed by atoms with Crippen LogP contribution in [0, 0.1) is 23.7 Å². The lowest BCUT2D eigenvalue weighted by molar-refractivity contribution is 0.0909. The van der Waals surface area contributed by atoms with E-state index in [1.165, 1.54) is 0 Å². The van der Waals surface area contributed by atoms with Crippen molar-refractivity contribution >= 4 is 7.85 Å². The van der Waals surface area contributed by atoms with Crippen LogP contribution in [-0.4, -0.2) is 18.6 Å². The molecule has 2 unspecified atom stereocenters. The van der Waals surface area contributed by atoms with E-state index in [0.717, 1.165) is 17.5 Å². The number of rotatable bonds is 2. The van der Waals surface area contributed by atoms with Crippen LogP contribution in [0.5, 0.6) is 0 Å². The van der Waals surface area contributed by atoms with Gasteiger partial charge < -0.3 is 5.11 Å². The average Bonchev–Trinajstić information content (AvgIpc) is 2.15. The van der Waals surface area contributed by atoms with Gasteiger partial charge in [-0.3, -0.25) is 0 Å². The Morgan fingerprint density at radius 2 is 2.00 bits per heavy atom. The summed E-state index contributed by atoms with van der Waals surface area (Å²) in [6.45, 7) is 8.27. The van der Waals surface area contributed by atoms with Crippen LogP contribution in [0.3, 0.4) is 0 Å². The van der Waals surface area contributed by atoms with Crippen molar-refractivity contribution < 1.29 is 5.11 Å². The fourth-order valence-electron chi connectivity index (χ4n) is 3.14. The highest BCUT2D eigenvalue weighted by atomic mass is 16.3. The fraction of sp³-hybridized carbons (Fsp3) is 0.714. The first kappa shape index (κ1) is 12.0. The molecule has 86 valence electrons. The third-order valence-electron chi connectivity index (χ3n) is 4.09. The minimum atomic E-state index is -0.715. The summed E-state index contributed by atoms with van der Waals surface area (Å²) in [5.41, 5.74) is 1.44. The van der Waals surface area contributed by atoms with Gasteiger partial charge in [0.1, 0.15) is 7.85 Å². The van der Waals surface area contributed by atoms with Gasteiger partial charge in [-0.15, -0.1) is 5.47 Å². The summed E-state index contributed by atoms with van der Waals surface area (Å²) < 4.78 is 0. The van der Waals surface area contributed by atoms with E-state index in [4.69, 9.17) is 7.85 Å². The molecular weight excluding hydrogens is 195 g/mol. The second-order valence-corrected chi connectivity index (χ2v) is 6.12. The highest BCUT2D eigenvalue weighted by Gasteiger charge is 2.41. The van der Waals surface area contributed by atoms with Crippen molar-refractivity contribution in [3.63, 3.8) is 0 Å². The lowest BCUT2D eigenvalue weighted by Gasteiger charge is -2.46. The van der Waals surface area contributed by atoms with E-state index < -0.39 is 5.60 Å².